The van der Waals surface area contributed by atoms with Gasteiger partial charge in [-0.3, -0.25) is 0 Å². The molecule has 0 unspecified atom stereocenters. The van der Waals surface area contributed by atoms with Crippen LogP contribution in [0.1, 0.15) is 25.0 Å². The van der Waals surface area contributed by atoms with E-state index in [-0.39, 0.29) is 5.41 Å². The minimum Gasteiger partial charge on any atom is -0.0622 e. The molecule has 1 aliphatic carbocycles. The highest BCUT2D eigenvalue weighted by atomic mass is 14.4. The van der Waals surface area contributed by atoms with Crippen LogP contribution in [0.4, 0.5) is 0 Å². The van der Waals surface area contributed by atoms with Gasteiger partial charge >= 0.3 is 0 Å². The second-order valence-corrected chi connectivity index (χ2v) is 9.79. The zero-order chi connectivity index (χ0) is 22.2. The summed E-state index contributed by atoms with van der Waals surface area (Å²) < 4.78 is 0. The smallest absolute Gasteiger partial charge is 0.0159 e. The largest absolute Gasteiger partial charge is 0.0622 e. The summed E-state index contributed by atoms with van der Waals surface area (Å²) in [6.07, 6.45) is 0. The Morgan fingerprint density at radius 1 is 0.394 bits per heavy atom. The summed E-state index contributed by atoms with van der Waals surface area (Å²) in [7, 11) is 0. The Balaban J connectivity index is 1.53. The van der Waals surface area contributed by atoms with E-state index in [1.807, 2.05) is 0 Å². The Bertz CT molecular complexity index is 1720. The van der Waals surface area contributed by atoms with Crippen LogP contribution in [0.3, 0.4) is 0 Å². The minimum atomic E-state index is 0.0333. The lowest BCUT2D eigenvalue weighted by atomic mass is 9.82. The summed E-state index contributed by atoms with van der Waals surface area (Å²) in [5.74, 6) is 0. The fourth-order valence-electron chi connectivity index (χ4n) is 5.97. The third-order valence-electron chi connectivity index (χ3n) is 7.63. The molecule has 0 N–H and O–H groups in total. The predicted molar refractivity (Wildman–Crippen MR) is 142 cm³/mol. The maximum atomic E-state index is 2.40. The molecule has 6 aromatic rings. The van der Waals surface area contributed by atoms with Crippen LogP contribution in [0.25, 0.3) is 54.6 Å². The quantitative estimate of drug-likeness (QED) is 0.245. The topological polar surface area (TPSA) is 0 Å². The minimum absolute atomic E-state index is 0.0333. The average Bonchev–Trinajstić information content (AvgIpc) is 3.11. The molecule has 0 saturated carbocycles. The molecule has 156 valence electrons. The fourth-order valence-corrected chi connectivity index (χ4v) is 5.97. The molecule has 0 heteroatoms. The molecule has 0 atom stereocenters. The average molecular weight is 421 g/mol. The van der Waals surface area contributed by atoms with Gasteiger partial charge in [-0.25, -0.2) is 0 Å². The summed E-state index contributed by atoms with van der Waals surface area (Å²) in [6.45, 7) is 4.73. The van der Waals surface area contributed by atoms with E-state index in [1.54, 1.807) is 0 Å². The Morgan fingerprint density at radius 2 is 0.939 bits per heavy atom. The summed E-state index contributed by atoms with van der Waals surface area (Å²) >= 11 is 0. The van der Waals surface area contributed by atoms with Gasteiger partial charge in [-0.1, -0.05) is 111 Å². The van der Waals surface area contributed by atoms with E-state index in [1.165, 1.54) is 65.7 Å². The zero-order valence-corrected chi connectivity index (χ0v) is 18.9. The van der Waals surface area contributed by atoms with E-state index in [0.29, 0.717) is 0 Å². The monoisotopic (exact) mass is 420 g/mol. The van der Waals surface area contributed by atoms with E-state index >= 15 is 0 Å². The van der Waals surface area contributed by atoms with Crippen LogP contribution in [-0.2, 0) is 5.41 Å². The summed E-state index contributed by atoms with van der Waals surface area (Å²) in [5.41, 5.74) is 7.96. The van der Waals surface area contributed by atoms with Crippen molar-refractivity contribution in [3.63, 3.8) is 0 Å². The van der Waals surface area contributed by atoms with Crippen molar-refractivity contribution >= 4 is 32.3 Å². The molecule has 1 aliphatic rings. The maximum absolute atomic E-state index is 2.40. The van der Waals surface area contributed by atoms with E-state index in [9.17, 15) is 0 Å². The molecule has 0 heterocycles. The SMILES string of the molecule is CC1(C)c2cccc3c4ccc(-c5cccc(-c6ccccc6)c5)cc4c4cccc1c4c23. The predicted octanol–water partition coefficient (Wildman–Crippen LogP) is 9.12. The Hall–Kier alpha value is -3.90. The Morgan fingerprint density at radius 3 is 1.64 bits per heavy atom. The molecule has 7 rings (SSSR count). The summed E-state index contributed by atoms with van der Waals surface area (Å²) in [6, 6.07) is 40.2. The molecule has 0 radical (unpaired) electrons. The van der Waals surface area contributed by atoms with E-state index in [2.05, 4.69) is 123 Å². The molecular weight excluding hydrogens is 396 g/mol. The van der Waals surface area contributed by atoms with Gasteiger partial charge in [0.05, 0.1) is 0 Å². The lowest BCUT2D eigenvalue weighted by Crippen LogP contribution is -2.14. The Kier molecular flexibility index (Phi) is 3.71. The van der Waals surface area contributed by atoms with E-state index < -0.39 is 0 Å². The van der Waals surface area contributed by atoms with Gasteiger partial charge in [0.25, 0.3) is 0 Å². The van der Waals surface area contributed by atoms with Crippen LogP contribution in [0.5, 0.6) is 0 Å². The van der Waals surface area contributed by atoms with Crippen molar-refractivity contribution in [2.45, 2.75) is 19.3 Å². The first-order valence-electron chi connectivity index (χ1n) is 11.7. The molecule has 0 spiro atoms. The van der Waals surface area contributed by atoms with Crippen molar-refractivity contribution in [2.24, 2.45) is 0 Å². The maximum Gasteiger partial charge on any atom is 0.0159 e. The van der Waals surface area contributed by atoms with Crippen LogP contribution in [0.15, 0.2) is 109 Å². The van der Waals surface area contributed by atoms with Crippen molar-refractivity contribution in [1.29, 1.82) is 0 Å². The zero-order valence-electron chi connectivity index (χ0n) is 18.9. The first-order valence-corrected chi connectivity index (χ1v) is 11.7. The molecule has 0 saturated heterocycles. The molecule has 0 bridgehead atoms. The Labute approximate surface area is 194 Å². The highest BCUT2D eigenvalue weighted by molar-refractivity contribution is 6.29. The number of fused-ring (bicyclic) bond motifs is 3. The van der Waals surface area contributed by atoms with Gasteiger partial charge in [0.2, 0.25) is 0 Å². The molecule has 0 aromatic heterocycles. The highest BCUT2D eigenvalue weighted by Gasteiger charge is 2.34. The standard InChI is InChI=1S/C33H24/c1-33(2)29-15-7-13-26-25-18-17-24(20-28(25)27-14-8-16-30(33)32(27)31(26)29)23-12-6-11-22(19-23)21-9-4-3-5-10-21/h3-20H,1-2H3. The molecule has 33 heavy (non-hydrogen) atoms. The molecule has 6 aromatic carbocycles. The van der Waals surface area contributed by atoms with Crippen LogP contribution in [0, 0.1) is 0 Å². The van der Waals surface area contributed by atoms with Crippen molar-refractivity contribution in [3.05, 3.63) is 120 Å². The second kappa shape index (κ2) is 6.56. The number of rotatable bonds is 2. The third kappa shape index (κ3) is 2.52. The number of hydrogen-bond donors (Lipinski definition) is 0. The second-order valence-electron chi connectivity index (χ2n) is 9.79. The molecule has 0 amide bonds. The van der Waals surface area contributed by atoms with Crippen LogP contribution >= 0.6 is 0 Å². The van der Waals surface area contributed by atoms with Gasteiger partial charge in [0.1, 0.15) is 0 Å². The number of benzene rings is 6. The van der Waals surface area contributed by atoms with Gasteiger partial charge in [-0.05, 0) is 77.8 Å². The van der Waals surface area contributed by atoms with Crippen molar-refractivity contribution in [2.75, 3.05) is 0 Å². The van der Waals surface area contributed by atoms with Gasteiger partial charge in [0.15, 0.2) is 0 Å². The molecule has 0 nitrogen and oxygen atoms in total. The summed E-state index contributed by atoms with van der Waals surface area (Å²) in [5, 5.41) is 8.32. The van der Waals surface area contributed by atoms with Crippen LogP contribution < -0.4 is 0 Å². The van der Waals surface area contributed by atoms with Crippen LogP contribution in [0.2, 0.25) is 0 Å². The molecule has 0 aliphatic heterocycles. The molecular formula is C33H24. The van der Waals surface area contributed by atoms with Gasteiger partial charge in [-0.2, -0.15) is 0 Å². The first-order chi connectivity index (χ1) is 16.1. The summed E-state index contributed by atoms with van der Waals surface area (Å²) in [4.78, 5) is 0. The molecule has 0 fully saturated rings. The fraction of sp³-hybridized carbons (Fsp3) is 0.0909. The lowest BCUT2D eigenvalue weighted by molar-refractivity contribution is 0.663. The highest BCUT2D eigenvalue weighted by Crippen LogP contribution is 2.51. The van der Waals surface area contributed by atoms with Crippen molar-refractivity contribution < 1.29 is 0 Å². The first kappa shape index (κ1) is 18.7. The van der Waals surface area contributed by atoms with Gasteiger partial charge in [-0.15, -0.1) is 0 Å². The van der Waals surface area contributed by atoms with Crippen molar-refractivity contribution in [1.82, 2.24) is 0 Å². The van der Waals surface area contributed by atoms with Crippen molar-refractivity contribution in [3.8, 4) is 22.3 Å². The number of hydrogen-bond acceptors (Lipinski definition) is 0. The van der Waals surface area contributed by atoms with E-state index in [4.69, 9.17) is 0 Å². The van der Waals surface area contributed by atoms with Gasteiger partial charge < -0.3 is 0 Å². The normalized spacial score (nSPS) is 14.0. The van der Waals surface area contributed by atoms with Crippen LogP contribution in [-0.4, -0.2) is 0 Å². The van der Waals surface area contributed by atoms with E-state index in [0.717, 1.165) is 0 Å². The lowest BCUT2D eigenvalue weighted by Gasteiger charge is -2.21. The van der Waals surface area contributed by atoms with Gasteiger partial charge in [0, 0.05) is 5.41 Å². The third-order valence-corrected chi connectivity index (χ3v) is 7.63.